The number of rotatable bonds is 6. The van der Waals surface area contributed by atoms with E-state index in [1.54, 1.807) is 24.3 Å². The molecule has 1 N–H and O–H groups in total. The van der Waals surface area contributed by atoms with Gasteiger partial charge in [0.2, 0.25) is 5.91 Å². The van der Waals surface area contributed by atoms with Gasteiger partial charge in [0.05, 0.1) is 17.7 Å². The monoisotopic (exact) mass is 354 g/mol. The molecule has 132 valence electrons. The lowest BCUT2D eigenvalue weighted by atomic mass is 10.1. The first-order chi connectivity index (χ1) is 12.5. The Bertz CT molecular complexity index is 858. The van der Waals surface area contributed by atoms with Gasteiger partial charge in [-0.1, -0.05) is 12.1 Å². The molecule has 2 aromatic rings. The van der Waals surface area contributed by atoms with Crippen LogP contribution in [0, 0.1) is 5.82 Å². The molecule has 0 saturated heterocycles. The molecule has 3 rings (SSSR count). The number of fused-ring (bicyclic) bond motifs is 1. The number of hydrogen-bond acceptors (Lipinski definition) is 4. The van der Waals surface area contributed by atoms with Crippen molar-refractivity contribution in [2.75, 3.05) is 13.1 Å². The minimum absolute atomic E-state index is 0.0665. The molecule has 0 spiro atoms. The molecule has 1 aliphatic rings. The number of nitrogens with zero attached hydrogens (tertiary/aromatic N) is 1. The van der Waals surface area contributed by atoms with Gasteiger partial charge in [0, 0.05) is 18.5 Å². The quantitative estimate of drug-likeness (QED) is 0.633. The third-order valence-electron chi connectivity index (χ3n) is 4.05. The molecule has 0 bridgehead atoms. The third-order valence-corrected chi connectivity index (χ3v) is 4.05. The van der Waals surface area contributed by atoms with Crippen molar-refractivity contribution >= 4 is 23.5 Å². The van der Waals surface area contributed by atoms with Gasteiger partial charge >= 0.3 is 0 Å². The van der Waals surface area contributed by atoms with E-state index in [9.17, 15) is 23.6 Å². The molecule has 0 radical (unpaired) electrons. The molecular weight excluding hydrogens is 339 g/mol. The lowest BCUT2D eigenvalue weighted by Crippen LogP contribution is -2.36. The van der Waals surface area contributed by atoms with Gasteiger partial charge in [-0.05, 0) is 36.4 Å². The standard InChI is InChI=1S/C19H15FN2O4/c20-13-7-5-12(6-8-13)16(23)11-21-17(24)9-10-22-18(25)14-3-1-2-4-15(14)19(22)26/h1-8H,9-11H2,(H,21,24). The van der Waals surface area contributed by atoms with Gasteiger partial charge in [0.25, 0.3) is 11.8 Å². The van der Waals surface area contributed by atoms with Crippen molar-refractivity contribution in [2.24, 2.45) is 0 Å². The van der Waals surface area contributed by atoms with Gasteiger partial charge < -0.3 is 5.32 Å². The summed E-state index contributed by atoms with van der Waals surface area (Å²) in [5, 5.41) is 2.44. The van der Waals surface area contributed by atoms with Crippen LogP contribution in [0.2, 0.25) is 0 Å². The second kappa shape index (κ2) is 7.26. The maximum atomic E-state index is 12.8. The maximum absolute atomic E-state index is 12.8. The lowest BCUT2D eigenvalue weighted by Gasteiger charge is -2.13. The minimum Gasteiger partial charge on any atom is -0.349 e. The lowest BCUT2D eigenvalue weighted by molar-refractivity contribution is -0.121. The van der Waals surface area contributed by atoms with Crippen molar-refractivity contribution in [2.45, 2.75) is 6.42 Å². The Kier molecular flexibility index (Phi) is 4.88. The smallest absolute Gasteiger partial charge is 0.261 e. The van der Waals surface area contributed by atoms with Crippen LogP contribution in [-0.2, 0) is 4.79 Å². The van der Waals surface area contributed by atoms with Gasteiger partial charge in [0.15, 0.2) is 5.78 Å². The first-order valence-electron chi connectivity index (χ1n) is 7.98. The third kappa shape index (κ3) is 3.51. The maximum Gasteiger partial charge on any atom is 0.261 e. The Balaban J connectivity index is 1.50. The molecule has 26 heavy (non-hydrogen) atoms. The van der Waals surface area contributed by atoms with Crippen molar-refractivity contribution in [1.29, 1.82) is 0 Å². The first-order valence-corrected chi connectivity index (χ1v) is 7.98. The van der Waals surface area contributed by atoms with E-state index in [0.29, 0.717) is 11.1 Å². The van der Waals surface area contributed by atoms with Crippen LogP contribution in [0.15, 0.2) is 48.5 Å². The molecule has 0 aliphatic carbocycles. The summed E-state index contributed by atoms with van der Waals surface area (Å²) in [6, 6.07) is 11.5. The van der Waals surface area contributed by atoms with Crippen molar-refractivity contribution < 1.29 is 23.6 Å². The Morgan fingerprint density at radius 3 is 2.08 bits per heavy atom. The van der Waals surface area contributed by atoms with Crippen molar-refractivity contribution in [3.05, 3.63) is 71.0 Å². The summed E-state index contributed by atoms with van der Waals surface area (Å²) in [6.45, 7) is -0.310. The number of benzene rings is 2. The number of amides is 3. The number of hydrogen-bond donors (Lipinski definition) is 1. The van der Waals surface area contributed by atoms with Crippen LogP contribution in [0.5, 0.6) is 0 Å². The molecule has 7 heteroatoms. The zero-order valence-electron chi connectivity index (χ0n) is 13.7. The number of Topliss-reactive ketones (excluding diaryl/α,β-unsaturated/α-hetero) is 1. The summed E-state index contributed by atoms with van der Waals surface area (Å²) in [5.41, 5.74) is 0.931. The fourth-order valence-corrected chi connectivity index (χ4v) is 2.66. The number of carbonyl (C=O) groups excluding carboxylic acids is 4. The van der Waals surface area contributed by atoms with E-state index in [-0.39, 0.29) is 30.9 Å². The normalized spacial score (nSPS) is 12.9. The van der Waals surface area contributed by atoms with Gasteiger partial charge in [-0.2, -0.15) is 0 Å². The number of ketones is 1. The zero-order chi connectivity index (χ0) is 18.7. The number of halogens is 1. The molecule has 2 aromatic carbocycles. The van der Waals surface area contributed by atoms with Crippen LogP contribution in [0.1, 0.15) is 37.5 Å². The van der Waals surface area contributed by atoms with E-state index in [0.717, 1.165) is 17.0 Å². The van der Waals surface area contributed by atoms with Gasteiger partial charge in [-0.15, -0.1) is 0 Å². The fourth-order valence-electron chi connectivity index (χ4n) is 2.66. The number of imide groups is 1. The molecule has 0 atom stereocenters. The predicted molar refractivity (Wildman–Crippen MR) is 90.2 cm³/mol. The van der Waals surface area contributed by atoms with Crippen LogP contribution in [-0.4, -0.2) is 41.5 Å². The fraction of sp³-hybridized carbons (Fsp3) is 0.158. The Labute approximate surface area is 148 Å². The summed E-state index contributed by atoms with van der Waals surface area (Å²) in [7, 11) is 0. The Morgan fingerprint density at radius 2 is 1.50 bits per heavy atom. The highest BCUT2D eigenvalue weighted by molar-refractivity contribution is 6.21. The van der Waals surface area contributed by atoms with E-state index < -0.39 is 23.5 Å². The number of carbonyl (C=O) groups is 4. The van der Waals surface area contributed by atoms with Crippen LogP contribution in [0.3, 0.4) is 0 Å². The predicted octanol–water partition coefficient (Wildman–Crippen LogP) is 1.81. The molecule has 1 heterocycles. The Morgan fingerprint density at radius 1 is 0.923 bits per heavy atom. The first kappa shape index (κ1) is 17.5. The average molecular weight is 354 g/mol. The van der Waals surface area contributed by atoms with Crippen LogP contribution in [0.25, 0.3) is 0 Å². The molecule has 0 fully saturated rings. The van der Waals surface area contributed by atoms with Gasteiger partial charge in [-0.25, -0.2) is 4.39 Å². The number of nitrogens with one attached hydrogen (secondary N) is 1. The molecular formula is C19H15FN2O4. The summed E-state index contributed by atoms with van der Waals surface area (Å²) < 4.78 is 12.8. The second-order valence-electron chi connectivity index (χ2n) is 5.76. The SMILES string of the molecule is O=C(CCN1C(=O)c2ccccc2C1=O)NCC(=O)c1ccc(F)cc1. The highest BCUT2D eigenvalue weighted by atomic mass is 19.1. The van der Waals surface area contributed by atoms with Crippen molar-refractivity contribution in [1.82, 2.24) is 10.2 Å². The van der Waals surface area contributed by atoms with Crippen molar-refractivity contribution in [3.63, 3.8) is 0 Å². The zero-order valence-corrected chi connectivity index (χ0v) is 13.7. The highest BCUT2D eigenvalue weighted by Gasteiger charge is 2.34. The molecule has 0 unspecified atom stereocenters. The van der Waals surface area contributed by atoms with Crippen LogP contribution in [0.4, 0.5) is 4.39 Å². The van der Waals surface area contributed by atoms with Gasteiger partial charge in [0.1, 0.15) is 5.82 Å². The van der Waals surface area contributed by atoms with Crippen molar-refractivity contribution in [3.8, 4) is 0 Å². The molecule has 0 saturated carbocycles. The molecule has 1 aliphatic heterocycles. The van der Waals surface area contributed by atoms with Crippen LogP contribution < -0.4 is 5.32 Å². The molecule has 6 nitrogen and oxygen atoms in total. The summed E-state index contributed by atoms with van der Waals surface area (Å²) >= 11 is 0. The second-order valence-corrected chi connectivity index (χ2v) is 5.76. The van der Waals surface area contributed by atoms with E-state index >= 15 is 0 Å². The summed E-state index contributed by atoms with van der Waals surface area (Å²) in [4.78, 5) is 49.2. The molecule has 0 aromatic heterocycles. The van der Waals surface area contributed by atoms with E-state index in [2.05, 4.69) is 5.32 Å². The topological polar surface area (TPSA) is 83.6 Å². The highest BCUT2D eigenvalue weighted by Crippen LogP contribution is 2.22. The van der Waals surface area contributed by atoms with E-state index in [4.69, 9.17) is 0 Å². The van der Waals surface area contributed by atoms with E-state index in [1.807, 2.05) is 0 Å². The Hall–Kier alpha value is -3.35. The average Bonchev–Trinajstić information content (AvgIpc) is 2.89. The minimum atomic E-state index is -0.461. The van der Waals surface area contributed by atoms with E-state index in [1.165, 1.54) is 12.1 Å². The van der Waals surface area contributed by atoms with Crippen LogP contribution >= 0.6 is 0 Å². The largest absolute Gasteiger partial charge is 0.349 e. The summed E-state index contributed by atoms with van der Waals surface area (Å²) in [6.07, 6.45) is -0.109. The molecule has 3 amide bonds. The summed E-state index contributed by atoms with van der Waals surface area (Å²) in [5.74, 6) is -2.13. The van der Waals surface area contributed by atoms with Gasteiger partial charge in [-0.3, -0.25) is 24.1 Å².